The Labute approximate surface area is 174 Å². The van der Waals surface area contributed by atoms with Gasteiger partial charge in [0.2, 0.25) is 0 Å². The molecule has 5 aliphatic rings. The molecule has 1 heterocycles. The van der Waals surface area contributed by atoms with Gasteiger partial charge in [-0.15, -0.1) is 0 Å². The summed E-state index contributed by atoms with van der Waals surface area (Å²) in [5.74, 6) is 3.12. The Kier molecular flexibility index (Phi) is 6.72. The first-order chi connectivity index (χ1) is 13.5. The summed E-state index contributed by atoms with van der Waals surface area (Å²) < 4.78 is 12.6. The van der Waals surface area contributed by atoms with Gasteiger partial charge < -0.3 is 9.47 Å². The van der Waals surface area contributed by atoms with E-state index in [4.69, 9.17) is 9.47 Å². The van der Waals surface area contributed by atoms with E-state index in [1.165, 1.54) is 44.9 Å². The Morgan fingerprint density at radius 1 is 0.857 bits per heavy atom. The molecule has 0 aromatic carbocycles. The van der Waals surface area contributed by atoms with E-state index in [2.05, 4.69) is 26.8 Å². The molecule has 0 bridgehead atoms. The summed E-state index contributed by atoms with van der Waals surface area (Å²) in [4.78, 5) is 0. The van der Waals surface area contributed by atoms with Gasteiger partial charge in [0, 0.05) is 12.3 Å². The highest BCUT2D eigenvalue weighted by Crippen LogP contribution is 2.68. The van der Waals surface area contributed by atoms with Gasteiger partial charge in [-0.25, -0.2) is 0 Å². The predicted octanol–water partition coefficient (Wildman–Crippen LogP) is 7.38. The summed E-state index contributed by atoms with van der Waals surface area (Å²) >= 11 is 0. The smallest absolute Gasteiger partial charge is 0.171 e. The third kappa shape index (κ3) is 3.13. The lowest BCUT2D eigenvalue weighted by atomic mass is 9.44. The quantitative estimate of drug-likeness (QED) is 0.402. The van der Waals surface area contributed by atoms with Crippen molar-refractivity contribution in [1.82, 2.24) is 0 Å². The number of allylic oxidation sites excluding steroid dienone is 2. The lowest BCUT2D eigenvalue weighted by molar-refractivity contribution is -0.272. The van der Waals surface area contributed by atoms with Crippen LogP contribution in [0.2, 0.25) is 0 Å². The first-order valence-corrected chi connectivity index (χ1v) is 12.4. The average molecular weight is 391 g/mol. The fourth-order valence-electron chi connectivity index (χ4n) is 8.03. The molecular weight excluding hydrogens is 344 g/mol. The number of hydrogen-bond donors (Lipinski definition) is 0. The average Bonchev–Trinajstić information content (AvgIpc) is 3.30. The van der Waals surface area contributed by atoms with E-state index in [-0.39, 0.29) is 5.79 Å². The van der Waals surface area contributed by atoms with Crippen LogP contribution in [0.4, 0.5) is 0 Å². The zero-order chi connectivity index (χ0) is 20.6. The fraction of sp³-hybridized carbons (Fsp3) is 0.923. The molecule has 4 aliphatic carbocycles. The molecule has 0 aromatic heterocycles. The van der Waals surface area contributed by atoms with Crippen LogP contribution in [0.15, 0.2) is 11.6 Å². The highest BCUT2D eigenvalue weighted by atomic mass is 16.7. The number of ether oxygens (including phenoxy) is 2. The summed E-state index contributed by atoms with van der Waals surface area (Å²) in [7, 11) is 0. The highest BCUT2D eigenvalue weighted by Gasteiger charge is 2.63. The Balaban J connectivity index is 0.000000531. The van der Waals surface area contributed by atoms with Gasteiger partial charge in [0.15, 0.2) is 5.79 Å². The maximum Gasteiger partial charge on any atom is 0.171 e. The predicted molar refractivity (Wildman–Crippen MR) is 118 cm³/mol. The second-order valence-electron chi connectivity index (χ2n) is 9.95. The van der Waals surface area contributed by atoms with E-state index < -0.39 is 0 Å². The van der Waals surface area contributed by atoms with Crippen LogP contribution in [0.25, 0.3) is 0 Å². The summed E-state index contributed by atoms with van der Waals surface area (Å²) in [5, 5.41) is 0. The van der Waals surface area contributed by atoms with Gasteiger partial charge in [-0.3, -0.25) is 0 Å². The van der Waals surface area contributed by atoms with E-state index >= 15 is 0 Å². The third-order valence-electron chi connectivity index (χ3n) is 9.39. The van der Waals surface area contributed by atoms with E-state index in [0.29, 0.717) is 16.7 Å². The first kappa shape index (κ1) is 22.3. The Morgan fingerprint density at radius 3 is 2.21 bits per heavy atom. The second kappa shape index (κ2) is 8.42. The van der Waals surface area contributed by atoms with Crippen molar-refractivity contribution in [3.63, 3.8) is 0 Å². The number of hydrogen-bond acceptors (Lipinski definition) is 2. The van der Waals surface area contributed by atoms with E-state index in [1.807, 2.05) is 27.7 Å². The molecule has 1 spiro atoms. The van der Waals surface area contributed by atoms with E-state index in [9.17, 15) is 0 Å². The van der Waals surface area contributed by atoms with Crippen LogP contribution < -0.4 is 0 Å². The Hall–Kier alpha value is -0.340. The fourth-order valence-corrected chi connectivity index (χ4v) is 8.03. The summed E-state index contributed by atoms with van der Waals surface area (Å²) in [6.07, 6.45) is 13.3. The largest absolute Gasteiger partial charge is 0.347 e. The summed E-state index contributed by atoms with van der Waals surface area (Å²) in [6, 6.07) is 0. The lowest BCUT2D eigenvalue weighted by Gasteiger charge is -2.63. The third-order valence-corrected chi connectivity index (χ3v) is 9.39. The van der Waals surface area contributed by atoms with Gasteiger partial charge in [0.25, 0.3) is 0 Å². The molecule has 0 amide bonds. The highest BCUT2D eigenvalue weighted by molar-refractivity contribution is 5.24. The second-order valence-corrected chi connectivity index (χ2v) is 9.95. The molecule has 28 heavy (non-hydrogen) atoms. The summed E-state index contributed by atoms with van der Waals surface area (Å²) in [5.41, 5.74) is 2.61. The maximum absolute atomic E-state index is 6.29. The molecule has 1 saturated heterocycles. The van der Waals surface area contributed by atoms with Crippen molar-refractivity contribution in [2.24, 2.45) is 34.5 Å². The van der Waals surface area contributed by atoms with Crippen LogP contribution in [0, 0.1) is 34.5 Å². The zero-order valence-electron chi connectivity index (χ0n) is 19.8. The number of rotatable bonds is 0. The molecule has 0 aromatic rings. The lowest BCUT2D eigenvalue weighted by Crippen LogP contribution is -2.59. The minimum atomic E-state index is -0.220. The molecule has 2 heteroatoms. The maximum atomic E-state index is 6.29. The van der Waals surface area contributed by atoms with Gasteiger partial charge in [-0.2, -0.15) is 0 Å². The first-order valence-electron chi connectivity index (χ1n) is 12.4. The van der Waals surface area contributed by atoms with Crippen molar-refractivity contribution < 1.29 is 9.47 Å². The van der Waals surface area contributed by atoms with E-state index in [1.54, 1.807) is 5.57 Å². The molecular formula is C26H46O2. The van der Waals surface area contributed by atoms with Crippen molar-refractivity contribution in [2.45, 2.75) is 106 Å². The van der Waals surface area contributed by atoms with Gasteiger partial charge in [-0.05, 0) is 80.5 Å². The van der Waals surface area contributed by atoms with Crippen molar-refractivity contribution in [3.8, 4) is 0 Å². The molecule has 4 fully saturated rings. The molecule has 162 valence electrons. The molecule has 2 nitrogen and oxygen atoms in total. The van der Waals surface area contributed by atoms with Crippen LogP contribution in [-0.2, 0) is 9.47 Å². The normalized spacial score (nSPS) is 45.5. The SMILES string of the molecule is CC.CC.CC1=CCC2C3CCC4C5(CCCC4(C)[C@H]3CCC12C)OCCO5. The monoisotopic (exact) mass is 390 g/mol. The Morgan fingerprint density at radius 2 is 1.54 bits per heavy atom. The van der Waals surface area contributed by atoms with Crippen LogP contribution in [0.3, 0.4) is 0 Å². The minimum Gasteiger partial charge on any atom is -0.347 e. The van der Waals surface area contributed by atoms with Crippen LogP contribution in [0.1, 0.15) is 99.8 Å². The molecule has 0 N–H and O–H groups in total. The molecule has 5 rings (SSSR count). The molecule has 5 unspecified atom stereocenters. The van der Waals surface area contributed by atoms with Crippen molar-refractivity contribution in [1.29, 1.82) is 0 Å². The van der Waals surface area contributed by atoms with Gasteiger partial charge in [0.1, 0.15) is 0 Å². The molecule has 3 saturated carbocycles. The van der Waals surface area contributed by atoms with Crippen LogP contribution >= 0.6 is 0 Å². The molecule has 1 aliphatic heterocycles. The zero-order valence-corrected chi connectivity index (χ0v) is 19.8. The van der Waals surface area contributed by atoms with Crippen LogP contribution in [0.5, 0.6) is 0 Å². The Bertz CT molecular complexity index is 561. The van der Waals surface area contributed by atoms with E-state index in [0.717, 1.165) is 37.4 Å². The minimum absolute atomic E-state index is 0.220. The number of fused-ring (bicyclic) bond motifs is 6. The van der Waals surface area contributed by atoms with Crippen molar-refractivity contribution in [3.05, 3.63) is 11.6 Å². The van der Waals surface area contributed by atoms with Gasteiger partial charge >= 0.3 is 0 Å². The van der Waals surface area contributed by atoms with Crippen molar-refractivity contribution in [2.75, 3.05) is 13.2 Å². The topological polar surface area (TPSA) is 18.5 Å². The van der Waals surface area contributed by atoms with Gasteiger partial charge in [0.05, 0.1) is 13.2 Å². The van der Waals surface area contributed by atoms with Crippen LogP contribution in [-0.4, -0.2) is 19.0 Å². The molecule has 6 atom stereocenters. The molecule has 0 radical (unpaired) electrons. The van der Waals surface area contributed by atoms with Gasteiger partial charge in [-0.1, -0.05) is 53.2 Å². The standard InChI is InChI=1S/C22H34O2.2C2H6/c1-15-5-7-17-16-6-8-19-21(3,18(16)9-12-20(15,17)2)10-4-11-22(19)23-13-14-24-22;2*1-2/h5,16-19H,4,6-14H2,1-3H3;2*1-2H3/t16?,17?,18-,19?,20?,21?;;/m0../s1. The van der Waals surface area contributed by atoms with Crippen molar-refractivity contribution >= 4 is 0 Å². The summed E-state index contributed by atoms with van der Waals surface area (Å²) in [6.45, 7) is 17.2.